The van der Waals surface area contributed by atoms with Gasteiger partial charge in [-0.1, -0.05) is 0 Å². The van der Waals surface area contributed by atoms with Crippen LogP contribution in [0.2, 0.25) is 0 Å². The van der Waals surface area contributed by atoms with Gasteiger partial charge in [-0.15, -0.1) is 0 Å². The molecule has 38 heavy (non-hydrogen) atoms. The van der Waals surface area contributed by atoms with Crippen molar-refractivity contribution in [2.45, 2.75) is 45.7 Å². The van der Waals surface area contributed by atoms with E-state index in [-0.39, 0.29) is 17.7 Å². The summed E-state index contributed by atoms with van der Waals surface area (Å²) < 4.78 is 22.5. The zero-order valence-corrected chi connectivity index (χ0v) is 22.7. The lowest BCUT2D eigenvalue weighted by Crippen LogP contribution is -2.42. The number of nitrogens with one attached hydrogen (secondary N) is 1. The van der Waals surface area contributed by atoms with Crippen molar-refractivity contribution >= 4 is 28.5 Å². The lowest BCUT2D eigenvalue weighted by atomic mass is 10.0. The fraction of sp³-hybridized carbons (Fsp3) is 0.444. The summed E-state index contributed by atoms with van der Waals surface area (Å²) in [5.74, 6) is 1.36. The smallest absolute Gasteiger partial charge is 0.242 e. The van der Waals surface area contributed by atoms with Gasteiger partial charge in [-0.05, 0) is 65.9 Å². The quantitative estimate of drug-likeness (QED) is 0.376. The van der Waals surface area contributed by atoms with E-state index >= 15 is 0 Å². The van der Waals surface area contributed by atoms with E-state index in [1.165, 1.54) is 7.11 Å². The molecule has 5 heterocycles. The molecule has 200 valence electrons. The topological polar surface area (TPSA) is 97.1 Å². The predicted octanol–water partition coefficient (Wildman–Crippen LogP) is 4.59. The van der Waals surface area contributed by atoms with Crippen LogP contribution in [-0.2, 0) is 0 Å². The van der Waals surface area contributed by atoms with Crippen molar-refractivity contribution in [1.82, 2.24) is 34.4 Å². The normalized spacial score (nSPS) is 14.6. The van der Waals surface area contributed by atoms with E-state index in [1.54, 1.807) is 6.07 Å². The SMILES string of the molecule is COc1nc(-c2nc(Nc3ccc(N4CCC(N(C)C)CC4)cn3)ncc2F)cc2c1nc(C)n2C(C)C. The van der Waals surface area contributed by atoms with Crippen LogP contribution in [0, 0.1) is 12.7 Å². The Morgan fingerprint density at radius 2 is 1.84 bits per heavy atom. The molecule has 4 aromatic heterocycles. The average Bonchev–Trinajstić information content (AvgIpc) is 3.25. The van der Waals surface area contributed by atoms with Gasteiger partial charge in [0.15, 0.2) is 11.3 Å². The Labute approximate surface area is 221 Å². The largest absolute Gasteiger partial charge is 0.479 e. The second-order valence-corrected chi connectivity index (χ2v) is 10.1. The molecule has 1 aliphatic heterocycles. The Morgan fingerprint density at radius 3 is 2.47 bits per heavy atom. The molecule has 1 saturated heterocycles. The number of hydrogen-bond acceptors (Lipinski definition) is 9. The summed E-state index contributed by atoms with van der Waals surface area (Å²) in [6, 6.07) is 6.48. The fourth-order valence-electron chi connectivity index (χ4n) is 5.11. The van der Waals surface area contributed by atoms with Crippen molar-refractivity contribution in [2.75, 3.05) is 44.5 Å². The summed E-state index contributed by atoms with van der Waals surface area (Å²) in [5.41, 5.74) is 2.92. The van der Waals surface area contributed by atoms with Crippen molar-refractivity contribution in [3.05, 3.63) is 42.2 Å². The molecule has 11 heteroatoms. The van der Waals surface area contributed by atoms with Crippen molar-refractivity contribution in [3.63, 3.8) is 0 Å². The van der Waals surface area contributed by atoms with Gasteiger partial charge in [-0.2, -0.15) is 0 Å². The second-order valence-electron chi connectivity index (χ2n) is 10.1. The van der Waals surface area contributed by atoms with E-state index in [9.17, 15) is 4.39 Å². The van der Waals surface area contributed by atoms with E-state index in [0.717, 1.165) is 49.2 Å². The molecule has 0 aromatic carbocycles. The molecular weight excluding hydrogens is 485 g/mol. The summed E-state index contributed by atoms with van der Waals surface area (Å²) in [6.07, 6.45) is 5.23. The van der Waals surface area contributed by atoms with Crippen LogP contribution in [0.4, 0.5) is 21.8 Å². The molecule has 1 N–H and O–H groups in total. The molecule has 0 unspecified atom stereocenters. The predicted molar refractivity (Wildman–Crippen MR) is 147 cm³/mol. The molecule has 5 rings (SSSR count). The molecule has 0 saturated carbocycles. The molecule has 0 bridgehead atoms. The number of aryl methyl sites for hydroxylation is 1. The number of anilines is 3. The molecule has 10 nitrogen and oxygen atoms in total. The minimum absolute atomic E-state index is 0.0669. The number of nitrogens with zero attached hydrogens (tertiary/aromatic N) is 8. The van der Waals surface area contributed by atoms with E-state index in [2.05, 4.69) is 72.5 Å². The highest BCUT2D eigenvalue weighted by molar-refractivity contribution is 5.85. The van der Waals surface area contributed by atoms with Gasteiger partial charge < -0.3 is 24.4 Å². The van der Waals surface area contributed by atoms with Crippen molar-refractivity contribution in [1.29, 1.82) is 0 Å². The number of piperidine rings is 1. The highest BCUT2D eigenvalue weighted by atomic mass is 19.1. The summed E-state index contributed by atoms with van der Waals surface area (Å²) in [6.45, 7) is 8.06. The number of hydrogen-bond donors (Lipinski definition) is 1. The molecule has 4 aromatic rings. The number of pyridine rings is 2. The van der Waals surface area contributed by atoms with E-state index < -0.39 is 5.82 Å². The zero-order chi connectivity index (χ0) is 27.0. The third kappa shape index (κ3) is 4.98. The molecule has 0 spiro atoms. The maximum atomic E-state index is 15.0. The molecular formula is C27H34FN9O. The van der Waals surface area contributed by atoms with E-state index in [0.29, 0.717) is 29.0 Å². The van der Waals surface area contributed by atoms with E-state index in [1.807, 2.05) is 25.3 Å². The highest BCUT2D eigenvalue weighted by Crippen LogP contribution is 2.32. The standard InChI is InChI=1S/C27H34FN9O/c1-16(2)37-17(3)31-25-22(37)13-21(32-26(25)38-6)24-20(28)15-30-27(34-24)33-23-8-7-19(14-29-23)36-11-9-18(10-12-36)35(4)5/h7-8,13-16,18H,9-12H2,1-6H3,(H,29,30,33,34). The zero-order valence-electron chi connectivity index (χ0n) is 22.7. The van der Waals surface area contributed by atoms with Gasteiger partial charge in [0.25, 0.3) is 0 Å². The van der Waals surface area contributed by atoms with Crippen LogP contribution < -0.4 is 15.0 Å². The number of fused-ring (bicyclic) bond motifs is 1. The summed E-state index contributed by atoms with van der Waals surface area (Å²) in [4.78, 5) is 26.9. The first-order valence-electron chi connectivity index (χ1n) is 12.9. The highest BCUT2D eigenvalue weighted by Gasteiger charge is 2.22. The Balaban J connectivity index is 1.39. The van der Waals surface area contributed by atoms with Crippen molar-refractivity contribution in [2.24, 2.45) is 0 Å². The third-order valence-corrected chi connectivity index (χ3v) is 7.07. The van der Waals surface area contributed by atoms with Crippen LogP contribution in [0.3, 0.4) is 0 Å². The van der Waals surface area contributed by atoms with Gasteiger partial charge in [0.1, 0.15) is 17.3 Å². The van der Waals surface area contributed by atoms with Crippen LogP contribution in [0.1, 0.15) is 38.6 Å². The van der Waals surface area contributed by atoms with Crippen molar-refractivity contribution < 1.29 is 9.13 Å². The van der Waals surface area contributed by atoms with Gasteiger partial charge in [0, 0.05) is 25.2 Å². The number of imidazole rings is 1. The lowest BCUT2D eigenvalue weighted by Gasteiger charge is -2.36. The fourth-order valence-corrected chi connectivity index (χ4v) is 5.11. The minimum Gasteiger partial charge on any atom is -0.479 e. The summed E-state index contributed by atoms with van der Waals surface area (Å²) >= 11 is 0. The first kappa shape index (κ1) is 25.8. The first-order chi connectivity index (χ1) is 18.2. The van der Waals surface area contributed by atoms with Crippen LogP contribution in [0.15, 0.2) is 30.6 Å². The second kappa shape index (κ2) is 10.5. The van der Waals surface area contributed by atoms with Gasteiger partial charge in [-0.3, -0.25) is 0 Å². The van der Waals surface area contributed by atoms with Crippen LogP contribution >= 0.6 is 0 Å². The third-order valence-electron chi connectivity index (χ3n) is 7.07. The number of rotatable bonds is 7. The monoisotopic (exact) mass is 519 g/mol. The molecule has 0 amide bonds. The van der Waals surface area contributed by atoms with Crippen LogP contribution in [0.25, 0.3) is 22.4 Å². The van der Waals surface area contributed by atoms with Crippen molar-refractivity contribution in [3.8, 4) is 17.3 Å². The van der Waals surface area contributed by atoms with Gasteiger partial charge in [0.05, 0.1) is 36.4 Å². The lowest BCUT2D eigenvalue weighted by molar-refractivity contribution is 0.249. The number of methoxy groups -OCH3 is 1. The maximum absolute atomic E-state index is 15.0. The molecule has 1 aliphatic rings. The number of halogens is 1. The average molecular weight is 520 g/mol. The summed E-state index contributed by atoms with van der Waals surface area (Å²) in [7, 11) is 5.80. The minimum atomic E-state index is -0.582. The molecule has 1 fully saturated rings. The van der Waals surface area contributed by atoms with Gasteiger partial charge in [0.2, 0.25) is 11.8 Å². The Hall–Kier alpha value is -3.86. The van der Waals surface area contributed by atoms with Crippen LogP contribution in [-0.4, -0.2) is 74.7 Å². The van der Waals surface area contributed by atoms with E-state index in [4.69, 9.17) is 4.74 Å². The Bertz CT molecular complexity index is 1430. The number of ether oxygens (including phenoxy) is 1. The molecule has 0 aliphatic carbocycles. The Kier molecular flexibility index (Phi) is 7.11. The number of aromatic nitrogens is 6. The maximum Gasteiger partial charge on any atom is 0.242 e. The molecule has 0 atom stereocenters. The molecule has 0 radical (unpaired) electrons. The Morgan fingerprint density at radius 1 is 1.08 bits per heavy atom. The van der Waals surface area contributed by atoms with Crippen LogP contribution in [0.5, 0.6) is 5.88 Å². The van der Waals surface area contributed by atoms with Gasteiger partial charge >= 0.3 is 0 Å². The summed E-state index contributed by atoms with van der Waals surface area (Å²) in [5, 5.41) is 3.09. The first-order valence-corrected chi connectivity index (χ1v) is 12.9. The van der Waals surface area contributed by atoms with Gasteiger partial charge in [-0.25, -0.2) is 29.3 Å².